The molecule has 1 aliphatic heterocycles. The second-order valence-corrected chi connectivity index (χ2v) is 10.8. The minimum atomic E-state index is -1.39. The molecule has 1 aromatic carbocycles. The van der Waals surface area contributed by atoms with Gasteiger partial charge in [-0.25, -0.2) is 19.2 Å². The zero-order valence-electron chi connectivity index (χ0n) is 22.5. The van der Waals surface area contributed by atoms with Crippen LogP contribution < -0.4 is 24.7 Å². The zero-order valence-corrected chi connectivity index (χ0v) is 23.3. The number of nitrogens with zero attached hydrogens (tertiary/aromatic N) is 5. The Bertz CT molecular complexity index is 1730. The average Bonchev–Trinajstić information content (AvgIpc) is 3.63. The number of methoxy groups -OCH3 is 1. The van der Waals surface area contributed by atoms with Gasteiger partial charge in [0.25, 0.3) is 0 Å². The summed E-state index contributed by atoms with van der Waals surface area (Å²) in [6, 6.07) is 7.89. The third-order valence-corrected chi connectivity index (χ3v) is 8.06. The number of piperidine rings is 1. The van der Waals surface area contributed by atoms with E-state index in [1.54, 1.807) is 35.0 Å². The summed E-state index contributed by atoms with van der Waals surface area (Å²) in [6.07, 6.45) is 6.11. The lowest BCUT2D eigenvalue weighted by atomic mass is 10.1. The molecule has 12 heteroatoms. The number of halogens is 2. The molecule has 0 bridgehead atoms. The largest absolute Gasteiger partial charge is 0.495 e. The van der Waals surface area contributed by atoms with Crippen molar-refractivity contribution >= 4 is 40.0 Å². The molecular weight excluding hydrogens is 553 g/mol. The molecule has 10 nitrogen and oxygen atoms in total. The minimum absolute atomic E-state index is 0.0328. The predicted octanol–water partition coefficient (Wildman–Crippen LogP) is 4.39. The van der Waals surface area contributed by atoms with Gasteiger partial charge in [0.15, 0.2) is 0 Å². The molecule has 41 heavy (non-hydrogen) atoms. The Morgan fingerprint density at radius 1 is 1.22 bits per heavy atom. The summed E-state index contributed by atoms with van der Waals surface area (Å²) in [7, 11) is 5.22. The highest BCUT2D eigenvalue weighted by atomic mass is 35.5. The highest BCUT2D eigenvalue weighted by Crippen LogP contribution is 2.51. The molecule has 1 N–H and O–H groups in total. The van der Waals surface area contributed by atoms with Crippen molar-refractivity contribution in [2.75, 3.05) is 37.6 Å². The van der Waals surface area contributed by atoms with E-state index in [0.29, 0.717) is 34.4 Å². The Balaban J connectivity index is 1.42. The van der Waals surface area contributed by atoms with Crippen molar-refractivity contribution < 1.29 is 23.8 Å². The topological polar surface area (TPSA) is 110 Å². The quantitative estimate of drug-likeness (QED) is 0.325. The van der Waals surface area contributed by atoms with Gasteiger partial charge in [-0.1, -0.05) is 11.6 Å². The van der Waals surface area contributed by atoms with Crippen molar-refractivity contribution in [2.24, 2.45) is 5.92 Å². The van der Waals surface area contributed by atoms with Crippen LogP contribution >= 0.6 is 11.6 Å². The molecule has 212 valence electrons. The van der Waals surface area contributed by atoms with E-state index in [9.17, 15) is 14.7 Å². The lowest BCUT2D eigenvalue weighted by Gasteiger charge is -2.30. The summed E-state index contributed by atoms with van der Waals surface area (Å²) in [4.78, 5) is 37.5. The second-order valence-electron chi connectivity index (χ2n) is 10.4. The van der Waals surface area contributed by atoms with Crippen LogP contribution in [0.25, 0.3) is 16.6 Å². The number of carboxylic acid groups (broad SMARTS) is 1. The van der Waals surface area contributed by atoms with Crippen LogP contribution in [0.15, 0.2) is 53.7 Å². The molecule has 2 aliphatic rings. The molecule has 0 radical (unpaired) electrons. The van der Waals surface area contributed by atoms with Crippen molar-refractivity contribution in [3.63, 3.8) is 0 Å². The molecule has 3 aromatic heterocycles. The van der Waals surface area contributed by atoms with Crippen molar-refractivity contribution in [1.29, 1.82) is 0 Å². The number of benzene rings is 1. The molecule has 0 spiro atoms. The fourth-order valence-corrected chi connectivity index (χ4v) is 5.85. The van der Waals surface area contributed by atoms with Crippen LogP contribution in [-0.2, 0) is 0 Å². The number of hydrogen-bond acceptors (Lipinski definition) is 8. The van der Waals surface area contributed by atoms with Crippen molar-refractivity contribution in [3.8, 4) is 17.3 Å². The van der Waals surface area contributed by atoms with E-state index in [0.717, 1.165) is 18.9 Å². The first-order valence-corrected chi connectivity index (χ1v) is 13.4. The van der Waals surface area contributed by atoms with Crippen LogP contribution in [0.5, 0.6) is 11.6 Å². The molecule has 1 saturated carbocycles. The highest BCUT2D eigenvalue weighted by molar-refractivity contribution is 6.33. The summed E-state index contributed by atoms with van der Waals surface area (Å²) in [5.74, 6) is -0.235. The molecule has 0 unspecified atom stereocenters. The Hall–Kier alpha value is -4.38. The molecule has 6 rings (SSSR count). The van der Waals surface area contributed by atoms with Crippen LogP contribution in [0.4, 0.5) is 15.9 Å². The summed E-state index contributed by atoms with van der Waals surface area (Å²) in [6.45, 7) is 0.213. The zero-order chi connectivity index (χ0) is 29.0. The smallest absolute Gasteiger partial charge is 0.341 e. The first kappa shape index (κ1) is 26.8. The van der Waals surface area contributed by atoms with E-state index in [-0.39, 0.29) is 35.0 Å². The van der Waals surface area contributed by atoms with E-state index in [2.05, 4.69) is 9.97 Å². The number of hydrogen-bond donors (Lipinski definition) is 1. The van der Waals surface area contributed by atoms with Gasteiger partial charge < -0.3 is 28.9 Å². The molecule has 4 aromatic rings. The number of rotatable bonds is 8. The number of fused-ring (bicyclic) bond motifs is 2. The molecule has 0 amide bonds. The van der Waals surface area contributed by atoms with Crippen LogP contribution in [0.3, 0.4) is 0 Å². The average molecular weight is 580 g/mol. The molecule has 3 atom stereocenters. The van der Waals surface area contributed by atoms with Crippen LogP contribution in [0, 0.1) is 11.7 Å². The number of ether oxygens (including phenoxy) is 2. The Morgan fingerprint density at radius 3 is 2.71 bits per heavy atom. The molecule has 1 aliphatic carbocycles. The van der Waals surface area contributed by atoms with Crippen LogP contribution in [0.1, 0.15) is 23.2 Å². The van der Waals surface area contributed by atoms with E-state index < -0.39 is 22.8 Å². The Kier molecular flexibility index (Phi) is 6.69. The van der Waals surface area contributed by atoms with Crippen molar-refractivity contribution in [3.05, 3.63) is 75.5 Å². The number of carbonyl (C=O) groups is 1. The fraction of sp³-hybridized carbons (Fsp3) is 0.310. The summed E-state index contributed by atoms with van der Waals surface area (Å²) < 4.78 is 28.6. The van der Waals surface area contributed by atoms with Gasteiger partial charge in [0.1, 0.15) is 34.6 Å². The summed E-state index contributed by atoms with van der Waals surface area (Å²) in [5.41, 5.74) is 0.00658. The van der Waals surface area contributed by atoms with Gasteiger partial charge in [-0.15, -0.1) is 0 Å². The Morgan fingerprint density at radius 2 is 2.02 bits per heavy atom. The predicted molar refractivity (Wildman–Crippen MR) is 153 cm³/mol. The van der Waals surface area contributed by atoms with Gasteiger partial charge in [-0.05, 0) is 43.0 Å². The first-order valence-electron chi connectivity index (χ1n) is 13.0. The van der Waals surface area contributed by atoms with E-state index >= 15 is 4.39 Å². The SMILES string of the molecule is COc1ccnc(OC[C@H]2C[C@H]3C[C@H]3N2c2cc3c(cc2F)c(=O)c(C(=O)O)cn3-c2ccc(N(C)C)nc2)c1Cl. The van der Waals surface area contributed by atoms with Crippen molar-refractivity contribution in [1.82, 2.24) is 14.5 Å². The maximum Gasteiger partial charge on any atom is 0.341 e. The number of aromatic nitrogens is 3. The van der Waals surface area contributed by atoms with Gasteiger partial charge in [-0.2, -0.15) is 0 Å². The first-order chi connectivity index (χ1) is 19.7. The van der Waals surface area contributed by atoms with Crippen LogP contribution in [0.2, 0.25) is 5.02 Å². The third kappa shape index (κ3) is 4.69. The van der Waals surface area contributed by atoms with Crippen molar-refractivity contribution in [2.45, 2.75) is 24.9 Å². The van der Waals surface area contributed by atoms with E-state index in [1.165, 1.54) is 19.5 Å². The highest BCUT2D eigenvalue weighted by Gasteiger charge is 2.53. The molecule has 2 fully saturated rings. The number of aromatic carboxylic acids is 1. The normalized spacial score (nSPS) is 19.2. The molecule has 1 saturated heterocycles. The number of pyridine rings is 3. The third-order valence-electron chi connectivity index (χ3n) is 7.71. The van der Waals surface area contributed by atoms with Gasteiger partial charge in [0.05, 0.1) is 36.2 Å². The van der Waals surface area contributed by atoms with Gasteiger partial charge in [-0.3, -0.25) is 4.79 Å². The number of carboxylic acids is 1. The summed E-state index contributed by atoms with van der Waals surface area (Å²) >= 11 is 6.36. The lowest BCUT2D eigenvalue weighted by Crippen LogP contribution is -2.38. The Labute approximate surface area is 239 Å². The van der Waals surface area contributed by atoms with Gasteiger partial charge in [0, 0.05) is 44.0 Å². The van der Waals surface area contributed by atoms with E-state index in [1.807, 2.05) is 23.9 Å². The van der Waals surface area contributed by atoms with Gasteiger partial charge >= 0.3 is 5.97 Å². The van der Waals surface area contributed by atoms with E-state index in [4.69, 9.17) is 21.1 Å². The maximum absolute atomic E-state index is 15.8. The van der Waals surface area contributed by atoms with Crippen LogP contribution in [-0.4, -0.2) is 65.5 Å². The monoisotopic (exact) mass is 579 g/mol. The second kappa shape index (κ2) is 10.2. The van der Waals surface area contributed by atoms with Gasteiger partial charge in [0.2, 0.25) is 11.3 Å². The lowest BCUT2D eigenvalue weighted by molar-refractivity contribution is 0.0695. The minimum Gasteiger partial charge on any atom is -0.495 e. The fourth-order valence-electron chi connectivity index (χ4n) is 5.61. The number of anilines is 2. The standard InChI is InChI=1S/C29H27ClFN5O5/c1-34(2)25-5-4-16(12-33-25)35-13-19(29(38)39)27(37)18-10-20(31)23(11-22(18)35)36-17(8-15-9-21(15)36)14-41-28-26(30)24(40-3)6-7-32-28/h4-7,10-13,15,17,21H,8-9,14H2,1-3H3,(H,38,39)/t15-,17+,21+/m0/s1. The maximum atomic E-state index is 15.8. The summed E-state index contributed by atoms with van der Waals surface area (Å²) in [5, 5.41) is 9.94. The molecule has 4 heterocycles. The molecular formula is C29H27ClFN5O5.